The first-order chi connectivity index (χ1) is 20.8. The summed E-state index contributed by atoms with van der Waals surface area (Å²) in [4.78, 5) is 63.5. The number of hydrogen-bond donors (Lipinski definition) is 4. The summed E-state index contributed by atoms with van der Waals surface area (Å²) < 4.78 is 5.69. The minimum Gasteiger partial charge on any atom is -0.446 e. The Bertz CT molecular complexity index is 1430. The summed E-state index contributed by atoms with van der Waals surface area (Å²) in [5, 5.41) is 14.2. The maximum atomic E-state index is 13.4. The Morgan fingerprint density at radius 1 is 1.05 bits per heavy atom. The predicted molar refractivity (Wildman–Crippen MR) is 159 cm³/mol. The molecule has 228 valence electrons. The highest BCUT2D eigenvalue weighted by Crippen LogP contribution is 2.26. The average Bonchev–Trinajstić information content (AvgIpc) is 3.70. The van der Waals surface area contributed by atoms with Crippen molar-refractivity contribution >= 4 is 35.0 Å². The molecule has 0 saturated carbocycles. The molecule has 3 atom stereocenters. The zero-order valence-electron chi connectivity index (χ0n) is 24.3. The van der Waals surface area contributed by atoms with Crippen LogP contribution in [0.5, 0.6) is 0 Å². The van der Waals surface area contributed by atoms with E-state index in [2.05, 4.69) is 31.2 Å². The van der Waals surface area contributed by atoms with Gasteiger partial charge in [-0.1, -0.05) is 50.6 Å². The van der Waals surface area contributed by atoms with Gasteiger partial charge in [-0.2, -0.15) is 0 Å². The van der Waals surface area contributed by atoms with E-state index in [1.165, 1.54) is 22.5 Å². The molecule has 2 aliphatic rings. The van der Waals surface area contributed by atoms with Crippen LogP contribution in [0, 0.1) is 5.92 Å². The first kappa shape index (κ1) is 30.4. The highest BCUT2D eigenvalue weighted by Gasteiger charge is 2.30. The van der Waals surface area contributed by atoms with E-state index in [1.54, 1.807) is 5.38 Å². The molecule has 0 unspecified atom stereocenters. The van der Waals surface area contributed by atoms with Crippen molar-refractivity contribution in [2.24, 2.45) is 5.92 Å². The number of carbonyl (C=O) groups excluding carboxylic acids is 4. The van der Waals surface area contributed by atoms with E-state index >= 15 is 0 Å². The van der Waals surface area contributed by atoms with Crippen molar-refractivity contribution in [1.82, 2.24) is 36.1 Å². The van der Waals surface area contributed by atoms with E-state index in [0.29, 0.717) is 17.8 Å². The van der Waals surface area contributed by atoms with Gasteiger partial charge < -0.3 is 30.6 Å². The lowest BCUT2D eigenvalue weighted by atomic mass is 10.0. The monoisotopic (exact) mass is 607 g/mol. The maximum absolute atomic E-state index is 13.4. The van der Waals surface area contributed by atoms with Gasteiger partial charge >= 0.3 is 0 Å². The summed E-state index contributed by atoms with van der Waals surface area (Å²) in [6.07, 6.45) is 4.24. The number of piperidine rings is 1. The molecule has 12 nitrogen and oxygen atoms in total. The van der Waals surface area contributed by atoms with Crippen LogP contribution in [0.15, 0.2) is 46.4 Å². The third-order valence-corrected chi connectivity index (χ3v) is 8.49. The summed E-state index contributed by atoms with van der Waals surface area (Å²) in [7, 11) is 0. The van der Waals surface area contributed by atoms with E-state index in [4.69, 9.17) is 4.42 Å². The van der Waals surface area contributed by atoms with Crippen molar-refractivity contribution in [3.8, 4) is 0 Å². The standard InChI is InChI=1S/C30H37N7O5S/c1-18(2)25-29-35-23(17-43-29)27(40)33-21(14-19-8-4-3-5-9-19)28-34-22(16-42-28)26(39)32-12-13-37(15-24(38)36-25)30(41)20-10-6-7-11-31-20/h3-5,8-9,16-18,20-21,25,31H,6-7,10-15H2,1-2H3,(H,32,39)(H,33,40)(H,36,38)/t20-,21+,25+/m1/s1. The second kappa shape index (κ2) is 13.9. The van der Waals surface area contributed by atoms with Gasteiger partial charge in [0.1, 0.15) is 23.0 Å². The van der Waals surface area contributed by atoms with Crippen LogP contribution in [-0.2, 0) is 16.0 Å². The Morgan fingerprint density at radius 2 is 1.86 bits per heavy atom. The third-order valence-electron chi connectivity index (χ3n) is 7.57. The first-order valence-corrected chi connectivity index (χ1v) is 15.5. The number of benzene rings is 1. The van der Waals surface area contributed by atoms with Crippen LogP contribution in [0.3, 0.4) is 0 Å². The quantitative estimate of drug-likeness (QED) is 0.352. The van der Waals surface area contributed by atoms with Crippen molar-refractivity contribution in [2.75, 3.05) is 26.2 Å². The first-order valence-electron chi connectivity index (χ1n) is 14.6. The normalized spacial score (nSPS) is 22.3. The number of oxazole rings is 1. The molecule has 1 fully saturated rings. The number of amides is 4. The summed E-state index contributed by atoms with van der Waals surface area (Å²) in [6, 6.07) is 8.06. The number of rotatable bonds is 4. The predicted octanol–water partition coefficient (Wildman–Crippen LogP) is 2.37. The fourth-order valence-corrected chi connectivity index (χ4v) is 6.24. The number of nitrogens with zero attached hydrogens (tertiary/aromatic N) is 3. The highest BCUT2D eigenvalue weighted by atomic mass is 32.1. The smallest absolute Gasteiger partial charge is 0.273 e. The van der Waals surface area contributed by atoms with Gasteiger partial charge in [0, 0.05) is 24.9 Å². The Morgan fingerprint density at radius 3 is 2.60 bits per heavy atom. The lowest BCUT2D eigenvalue weighted by molar-refractivity contribution is -0.138. The highest BCUT2D eigenvalue weighted by molar-refractivity contribution is 7.09. The van der Waals surface area contributed by atoms with Gasteiger partial charge in [0.05, 0.1) is 18.6 Å². The largest absolute Gasteiger partial charge is 0.446 e. The molecule has 1 aromatic carbocycles. The second-order valence-electron chi connectivity index (χ2n) is 11.2. The zero-order valence-corrected chi connectivity index (χ0v) is 25.1. The van der Waals surface area contributed by atoms with Gasteiger partial charge in [0.25, 0.3) is 11.8 Å². The van der Waals surface area contributed by atoms with Crippen LogP contribution in [-0.4, -0.2) is 70.7 Å². The van der Waals surface area contributed by atoms with Crippen molar-refractivity contribution in [1.29, 1.82) is 0 Å². The Kier molecular flexibility index (Phi) is 9.82. The van der Waals surface area contributed by atoms with Gasteiger partial charge in [0.15, 0.2) is 5.69 Å². The van der Waals surface area contributed by atoms with Crippen molar-refractivity contribution in [2.45, 2.75) is 57.7 Å². The third kappa shape index (κ3) is 7.65. The molecule has 4 N–H and O–H groups in total. The summed E-state index contributed by atoms with van der Waals surface area (Å²) in [5.74, 6) is -1.29. The molecule has 1 saturated heterocycles. The Labute approximate surface area is 254 Å². The van der Waals surface area contributed by atoms with E-state index < -0.39 is 23.9 Å². The Hall–Kier alpha value is -4.10. The molecule has 4 heterocycles. The molecular weight excluding hydrogens is 570 g/mol. The molecule has 43 heavy (non-hydrogen) atoms. The molecule has 3 aromatic rings. The molecule has 2 aliphatic heterocycles. The lowest BCUT2D eigenvalue weighted by Gasteiger charge is -2.30. The SMILES string of the molecule is CC(C)[C@@H]1NC(=O)CN(C(=O)[C@H]2CCCCN2)CCNC(=O)c2coc(n2)[C@H](Cc2ccccc2)NC(=O)c2csc1n2. The molecule has 0 aliphatic carbocycles. The van der Waals surface area contributed by atoms with Crippen LogP contribution in [0.25, 0.3) is 0 Å². The molecular formula is C30H37N7O5S. The second-order valence-corrected chi connectivity index (χ2v) is 12.1. The lowest BCUT2D eigenvalue weighted by Crippen LogP contribution is -2.53. The van der Waals surface area contributed by atoms with Crippen LogP contribution < -0.4 is 21.3 Å². The van der Waals surface area contributed by atoms with Gasteiger partial charge in [-0.15, -0.1) is 11.3 Å². The number of fused-ring (bicyclic) bond motifs is 4. The van der Waals surface area contributed by atoms with Gasteiger partial charge in [-0.05, 0) is 30.9 Å². The maximum Gasteiger partial charge on any atom is 0.273 e. The zero-order chi connectivity index (χ0) is 30.3. The van der Waals surface area contributed by atoms with Crippen LogP contribution in [0.2, 0.25) is 0 Å². The van der Waals surface area contributed by atoms with Crippen LogP contribution in [0.4, 0.5) is 0 Å². The average molecular weight is 608 g/mol. The fourth-order valence-electron chi connectivity index (χ4n) is 5.22. The number of aromatic nitrogens is 2. The topological polar surface area (TPSA) is 159 Å². The summed E-state index contributed by atoms with van der Waals surface area (Å²) >= 11 is 1.28. The van der Waals surface area contributed by atoms with E-state index in [9.17, 15) is 19.2 Å². The van der Waals surface area contributed by atoms with E-state index in [1.807, 2.05) is 44.2 Å². The van der Waals surface area contributed by atoms with Crippen molar-refractivity contribution in [3.05, 3.63) is 69.8 Å². The molecule has 4 amide bonds. The molecule has 13 heteroatoms. The minimum atomic E-state index is -0.669. The van der Waals surface area contributed by atoms with E-state index in [0.717, 1.165) is 24.9 Å². The molecule has 0 radical (unpaired) electrons. The molecule has 0 spiro atoms. The van der Waals surface area contributed by atoms with Crippen molar-refractivity contribution in [3.63, 3.8) is 0 Å². The van der Waals surface area contributed by atoms with Gasteiger partial charge in [0.2, 0.25) is 17.7 Å². The number of carbonyl (C=O) groups is 4. The van der Waals surface area contributed by atoms with Crippen molar-refractivity contribution < 1.29 is 23.6 Å². The number of thiazole rings is 1. The molecule has 4 bridgehead atoms. The summed E-state index contributed by atoms with van der Waals surface area (Å²) in [5.41, 5.74) is 1.19. The number of nitrogens with one attached hydrogen (secondary N) is 4. The molecule has 2 aromatic heterocycles. The minimum absolute atomic E-state index is 0.0309. The van der Waals surface area contributed by atoms with Gasteiger partial charge in [-0.25, -0.2) is 9.97 Å². The molecule has 5 rings (SSSR count). The Balaban J connectivity index is 1.44. The van der Waals surface area contributed by atoms with Crippen LogP contribution in [0.1, 0.15) is 82.6 Å². The fraction of sp³-hybridized carbons (Fsp3) is 0.467. The summed E-state index contributed by atoms with van der Waals surface area (Å²) in [6.45, 7) is 4.73. The van der Waals surface area contributed by atoms with Crippen LogP contribution >= 0.6 is 11.3 Å². The number of hydrogen-bond acceptors (Lipinski definition) is 9. The van der Waals surface area contributed by atoms with E-state index in [-0.39, 0.29) is 60.7 Å². The van der Waals surface area contributed by atoms with Gasteiger partial charge in [-0.3, -0.25) is 19.2 Å².